The molecule has 0 amide bonds. The summed E-state index contributed by atoms with van der Waals surface area (Å²) in [5.74, 6) is 1.45. The van der Waals surface area contributed by atoms with Crippen molar-refractivity contribution in [3.05, 3.63) is 59.2 Å². The van der Waals surface area contributed by atoms with E-state index < -0.39 is 11.6 Å². The summed E-state index contributed by atoms with van der Waals surface area (Å²) in [5, 5.41) is 7.80. The summed E-state index contributed by atoms with van der Waals surface area (Å²) >= 11 is 0. The Morgan fingerprint density at radius 2 is 1.81 bits per heavy atom. The Hall–Kier alpha value is -4.21. The SMILES string of the molecule is CN1CCN=C1c1cccc(OC2=NCCC(Oc3ccc(C(=N)N)c(C(=O)OC(C)(C)C)c3)=N2)c1. The van der Waals surface area contributed by atoms with E-state index in [0.717, 1.165) is 24.5 Å². The third kappa shape index (κ3) is 6.07. The van der Waals surface area contributed by atoms with Gasteiger partial charge < -0.3 is 24.8 Å². The van der Waals surface area contributed by atoms with Gasteiger partial charge in [-0.05, 0) is 51.1 Å². The fraction of sp³-hybridized carbons (Fsp3) is 0.346. The minimum Gasteiger partial charge on any atom is -0.456 e. The molecule has 0 saturated carbocycles. The number of amidine groups is 3. The van der Waals surface area contributed by atoms with Crippen molar-refractivity contribution in [1.82, 2.24) is 4.90 Å². The third-order valence-electron chi connectivity index (χ3n) is 5.29. The highest BCUT2D eigenvalue weighted by Crippen LogP contribution is 2.23. The van der Waals surface area contributed by atoms with Crippen LogP contribution in [0.15, 0.2) is 57.4 Å². The van der Waals surface area contributed by atoms with Crippen molar-refractivity contribution in [2.24, 2.45) is 20.7 Å². The van der Waals surface area contributed by atoms with E-state index in [1.165, 1.54) is 6.07 Å². The molecule has 0 fully saturated rings. The van der Waals surface area contributed by atoms with Gasteiger partial charge in [-0.15, -0.1) is 0 Å². The molecule has 0 atom stereocenters. The molecule has 0 bridgehead atoms. The zero-order valence-corrected chi connectivity index (χ0v) is 20.9. The van der Waals surface area contributed by atoms with Crippen molar-refractivity contribution >= 4 is 29.6 Å². The number of hydrogen-bond donors (Lipinski definition) is 2. The number of ether oxygens (including phenoxy) is 3. The molecular formula is C26H30N6O4. The third-order valence-corrected chi connectivity index (χ3v) is 5.29. The van der Waals surface area contributed by atoms with Gasteiger partial charge >= 0.3 is 12.0 Å². The lowest BCUT2D eigenvalue weighted by Crippen LogP contribution is -2.26. The number of nitrogen functional groups attached to an aromatic ring is 1. The average molecular weight is 491 g/mol. The Balaban J connectivity index is 1.51. The largest absolute Gasteiger partial charge is 0.456 e. The summed E-state index contributed by atoms with van der Waals surface area (Å²) in [5.41, 5.74) is 6.35. The topological polar surface area (TPSA) is 135 Å². The van der Waals surface area contributed by atoms with E-state index in [9.17, 15) is 4.79 Å². The molecule has 2 aliphatic rings. The van der Waals surface area contributed by atoms with Crippen molar-refractivity contribution in [2.75, 3.05) is 26.7 Å². The predicted molar refractivity (Wildman–Crippen MR) is 139 cm³/mol. The quantitative estimate of drug-likeness (QED) is 0.375. The highest BCUT2D eigenvalue weighted by molar-refractivity contribution is 6.06. The van der Waals surface area contributed by atoms with Gasteiger partial charge in [0.05, 0.1) is 18.7 Å². The number of esters is 1. The molecule has 0 aromatic heterocycles. The summed E-state index contributed by atoms with van der Waals surface area (Å²) < 4.78 is 17.3. The van der Waals surface area contributed by atoms with Crippen LogP contribution in [-0.2, 0) is 4.74 Å². The molecule has 36 heavy (non-hydrogen) atoms. The molecule has 188 valence electrons. The van der Waals surface area contributed by atoms with E-state index in [-0.39, 0.29) is 23.0 Å². The van der Waals surface area contributed by atoms with E-state index in [1.54, 1.807) is 32.9 Å². The number of likely N-dealkylation sites (N-methyl/N-ethyl adjacent to an activating group) is 1. The monoisotopic (exact) mass is 490 g/mol. The van der Waals surface area contributed by atoms with E-state index in [2.05, 4.69) is 19.9 Å². The highest BCUT2D eigenvalue weighted by Gasteiger charge is 2.23. The van der Waals surface area contributed by atoms with Gasteiger partial charge in [-0.25, -0.2) is 9.79 Å². The second-order valence-corrected chi connectivity index (χ2v) is 9.40. The molecule has 0 saturated heterocycles. The van der Waals surface area contributed by atoms with Crippen LogP contribution in [-0.4, -0.2) is 66.7 Å². The van der Waals surface area contributed by atoms with Gasteiger partial charge in [0, 0.05) is 31.1 Å². The molecule has 2 aromatic rings. The zero-order chi connectivity index (χ0) is 25.9. The Kier molecular flexibility index (Phi) is 7.05. The first-order valence-electron chi connectivity index (χ1n) is 11.6. The molecule has 0 unspecified atom stereocenters. The number of nitrogens with two attached hydrogens (primary N) is 1. The van der Waals surface area contributed by atoms with E-state index in [1.807, 2.05) is 31.3 Å². The maximum absolute atomic E-state index is 12.7. The lowest BCUT2D eigenvalue weighted by atomic mass is 10.1. The first-order valence-corrected chi connectivity index (χ1v) is 11.6. The Morgan fingerprint density at radius 3 is 2.50 bits per heavy atom. The first-order chi connectivity index (χ1) is 17.1. The number of rotatable bonds is 5. The molecule has 2 aromatic carbocycles. The molecule has 0 aliphatic carbocycles. The average Bonchev–Trinajstić information content (AvgIpc) is 3.24. The van der Waals surface area contributed by atoms with Crippen molar-refractivity contribution in [3.63, 3.8) is 0 Å². The van der Waals surface area contributed by atoms with Gasteiger partial charge in [-0.1, -0.05) is 12.1 Å². The number of benzene rings is 2. The second-order valence-electron chi connectivity index (χ2n) is 9.40. The van der Waals surface area contributed by atoms with Gasteiger partial charge in [0.2, 0.25) is 5.90 Å². The number of nitrogens with one attached hydrogen (secondary N) is 1. The van der Waals surface area contributed by atoms with Crippen LogP contribution in [0.1, 0.15) is 48.7 Å². The molecular weight excluding hydrogens is 460 g/mol. The maximum Gasteiger partial charge on any atom is 0.339 e. The van der Waals surface area contributed by atoms with Crippen LogP contribution in [0.4, 0.5) is 0 Å². The fourth-order valence-electron chi connectivity index (χ4n) is 3.68. The number of hydrogen-bond acceptors (Lipinski definition) is 9. The lowest BCUT2D eigenvalue weighted by Gasteiger charge is -2.21. The molecule has 3 N–H and O–H groups in total. The number of carbonyl (C=O) groups excluding carboxylic acids is 1. The molecule has 0 radical (unpaired) electrons. The standard InChI is InChI=1S/C26H30N6O4/c1-26(2,3)36-24(33)20-15-18(8-9-19(20)22(27)28)34-21-10-11-30-25(31-21)35-17-7-5-6-16(14-17)23-29-12-13-32(23)4/h5-9,14-15H,10-13H2,1-4H3,(H3,27,28). The Morgan fingerprint density at radius 1 is 1.03 bits per heavy atom. The van der Waals surface area contributed by atoms with Crippen molar-refractivity contribution in [2.45, 2.75) is 32.8 Å². The molecule has 2 heterocycles. The molecule has 0 spiro atoms. The number of aliphatic imine (C=N–C) groups is 3. The fourth-order valence-corrected chi connectivity index (χ4v) is 3.68. The Labute approximate surface area is 210 Å². The number of nitrogens with zero attached hydrogens (tertiary/aromatic N) is 4. The van der Waals surface area contributed by atoms with E-state index in [0.29, 0.717) is 30.4 Å². The highest BCUT2D eigenvalue weighted by atomic mass is 16.6. The van der Waals surface area contributed by atoms with Crippen LogP contribution in [0.3, 0.4) is 0 Å². The number of carbonyl (C=O) groups is 1. The molecule has 4 rings (SSSR count). The summed E-state index contributed by atoms with van der Waals surface area (Å²) in [6.45, 7) is 7.41. The first kappa shape index (κ1) is 24.9. The maximum atomic E-state index is 12.7. The van der Waals surface area contributed by atoms with Gasteiger partial charge in [-0.2, -0.15) is 4.99 Å². The zero-order valence-electron chi connectivity index (χ0n) is 20.9. The van der Waals surface area contributed by atoms with E-state index >= 15 is 0 Å². The van der Waals surface area contributed by atoms with Crippen LogP contribution in [0.2, 0.25) is 0 Å². The lowest BCUT2D eigenvalue weighted by molar-refractivity contribution is 0.00689. The molecule has 10 nitrogen and oxygen atoms in total. The molecule has 10 heteroatoms. The van der Waals surface area contributed by atoms with Crippen LogP contribution in [0, 0.1) is 5.41 Å². The van der Waals surface area contributed by atoms with Crippen molar-refractivity contribution in [1.29, 1.82) is 5.41 Å². The minimum atomic E-state index is -0.699. The van der Waals surface area contributed by atoms with Crippen LogP contribution in [0.25, 0.3) is 0 Å². The van der Waals surface area contributed by atoms with Gasteiger partial charge in [-0.3, -0.25) is 10.4 Å². The van der Waals surface area contributed by atoms with Crippen LogP contribution < -0.4 is 15.2 Å². The van der Waals surface area contributed by atoms with Gasteiger partial charge in [0.1, 0.15) is 28.8 Å². The summed E-state index contributed by atoms with van der Waals surface area (Å²) in [6.07, 6.45) is 0.463. The summed E-state index contributed by atoms with van der Waals surface area (Å²) in [7, 11) is 2.01. The van der Waals surface area contributed by atoms with Gasteiger partial charge in [0.25, 0.3) is 0 Å². The summed E-state index contributed by atoms with van der Waals surface area (Å²) in [4.78, 5) is 28.1. The minimum absolute atomic E-state index is 0.146. The smallest absolute Gasteiger partial charge is 0.339 e. The predicted octanol–water partition coefficient (Wildman–Crippen LogP) is 3.23. The van der Waals surface area contributed by atoms with E-state index in [4.69, 9.17) is 25.4 Å². The normalized spacial score (nSPS) is 15.6. The van der Waals surface area contributed by atoms with Gasteiger partial charge in [0.15, 0.2) is 0 Å². The van der Waals surface area contributed by atoms with Crippen molar-refractivity contribution in [3.8, 4) is 11.5 Å². The van der Waals surface area contributed by atoms with Crippen LogP contribution in [0.5, 0.6) is 11.5 Å². The Bertz CT molecular complexity index is 1280. The molecule has 2 aliphatic heterocycles. The summed E-state index contributed by atoms with van der Waals surface area (Å²) in [6, 6.07) is 12.5. The second kappa shape index (κ2) is 10.2. The van der Waals surface area contributed by atoms with Crippen LogP contribution >= 0.6 is 0 Å². The van der Waals surface area contributed by atoms with Crippen molar-refractivity contribution < 1.29 is 19.0 Å².